The van der Waals surface area contributed by atoms with E-state index in [1.54, 1.807) is 35.4 Å². The zero-order chi connectivity index (χ0) is 17.9. The van der Waals surface area contributed by atoms with Crippen LogP contribution in [0.15, 0.2) is 53.7 Å². The largest absolute Gasteiger partial charge is 0.338 e. The predicted octanol–water partition coefficient (Wildman–Crippen LogP) is 2.32. The number of carbonyl (C=O) groups excluding carboxylic acids is 1. The van der Waals surface area contributed by atoms with Crippen LogP contribution in [0.2, 0.25) is 5.02 Å². The zero-order valence-electron chi connectivity index (χ0n) is 13.4. The number of amides is 1. The number of hydrogen-bond donors (Lipinski definition) is 1. The van der Waals surface area contributed by atoms with E-state index in [2.05, 4.69) is 9.71 Å². The number of nitrogens with one attached hydrogen (secondary N) is 1. The molecule has 1 aromatic carbocycles. The lowest BCUT2D eigenvalue weighted by Gasteiger charge is -2.32. The standard InChI is InChI=1S/C17H18ClN3O3S/c18-14-3-5-16(6-4-14)25(23,24)20-15-7-10-21(11-8-15)17(22)13-2-1-9-19-12-13/h1-6,9,12,15,20H,7-8,10-11H2. The number of aromatic nitrogens is 1. The molecule has 1 aliphatic rings. The molecule has 1 N–H and O–H groups in total. The molecule has 25 heavy (non-hydrogen) atoms. The van der Waals surface area contributed by atoms with Crippen molar-refractivity contribution in [3.63, 3.8) is 0 Å². The first-order valence-electron chi connectivity index (χ1n) is 7.93. The van der Waals surface area contributed by atoms with Gasteiger partial charge in [0.1, 0.15) is 0 Å². The monoisotopic (exact) mass is 379 g/mol. The van der Waals surface area contributed by atoms with Gasteiger partial charge in [-0.25, -0.2) is 13.1 Å². The maximum atomic E-state index is 12.4. The number of halogens is 1. The number of hydrogen-bond acceptors (Lipinski definition) is 4. The molecule has 1 amide bonds. The Morgan fingerprint density at radius 1 is 1.16 bits per heavy atom. The van der Waals surface area contributed by atoms with E-state index in [-0.39, 0.29) is 16.8 Å². The van der Waals surface area contributed by atoms with Crippen LogP contribution in [0, 0.1) is 0 Å². The number of carbonyl (C=O) groups is 1. The van der Waals surface area contributed by atoms with E-state index in [9.17, 15) is 13.2 Å². The number of piperidine rings is 1. The molecule has 1 saturated heterocycles. The van der Waals surface area contributed by atoms with Gasteiger partial charge in [-0.05, 0) is 49.2 Å². The Kier molecular flexibility index (Phi) is 5.36. The van der Waals surface area contributed by atoms with E-state index in [1.165, 1.54) is 18.3 Å². The van der Waals surface area contributed by atoms with Crippen LogP contribution in [0.25, 0.3) is 0 Å². The van der Waals surface area contributed by atoms with Gasteiger partial charge in [-0.3, -0.25) is 9.78 Å². The van der Waals surface area contributed by atoms with Crippen LogP contribution >= 0.6 is 11.6 Å². The molecule has 8 heteroatoms. The fourth-order valence-electron chi connectivity index (χ4n) is 2.77. The SMILES string of the molecule is O=C(c1cccnc1)N1CCC(NS(=O)(=O)c2ccc(Cl)cc2)CC1. The van der Waals surface area contributed by atoms with E-state index in [0.717, 1.165) is 0 Å². The number of likely N-dealkylation sites (tertiary alicyclic amines) is 1. The topological polar surface area (TPSA) is 79.4 Å². The van der Waals surface area contributed by atoms with Crippen LogP contribution in [0.5, 0.6) is 0 Å². The van der Waals surface area contributed by atoms with E-state index in [1.807, 2.05) is 0 Å². The molecule has 0 spiro atoms. The lowest BCUT2D eigenvalue weighted by molar-refractivity contribution is 0.0711. The highest BCUT2D eigenvalue weighted by molar-refractivity contribution is 7.89. The van der Waals surface area contributed by atoms with E-state index in [4.69, 9.17) is 11.6 Å². The highest BCUT2D eigenvalue weighted by Crippen LogP contribution is 2.18. The first kappa shape index (κ1) is 17.8. The van der Waals surface area contributed by atoms with Crippen molar-refractivity contribution in [1.82, 2.24) is 14.6 Å². The summed E-state index contributed by atoms with van der Waals surface area (Å²) in [5.41, 5.74) is 0.544. The molecule has 0 radical (unpaired) electrons. The van der Waals surface area contributed by atoms with Crippen LogP contribution in [0.1, 0.15) is 23.2 Å². The Morgan fingerprint density at radius 2 is 1.84 bits per heavy atom. The summed E-state index contributed by atoms with van der Waals surface area (Å²) in [5.74, 6) is -0.0768. The summed E-state index contributed by atoms with van der Waals surface area (Å²) in [4.78, 5) is 18.2. The van der Waals surface area contributed by atoms with Gasteiger partial charge in [-0.1, -0.05) is 11.6 Å². The molecular weight excluding hydrogens is 362 g/mol. The average Bonchev–Trinajstić information content (AvgIpc) is 2.62. The second-order valence-corrected chi connectivity index (χ2v) is 8.03. The summed E-state index contributed by atoms with van der Waals surface area (Å²) in [7, 11) is -3.59. The van der Waals surface area contributed by atoms with Crippen molar-refractivity contribution in [3.05, 3.63) is 59.4 Å². The van der Waals surface area contributed by atoms with Crippen molar-refractivity contribution in [1.29, 1.82) is 0 Å². The molecule has 0 aliphatic carbocycles. The smallest absolute Gasteiger partial charge is 0.255 e. The number of sulfonamides is 1. The van der Waals surface area contributed by atoms with Gasteiger partial charge in [0.25, 0.3) is 5.91 Å². The van der Waals surface area contributed by atoms with E-state index >= 15 is 0 Å². The van der Waals surface area contributed by atoms with Crippen LogP contribution in [-0.4, -0.2) is 43.3 Å². The van der Waals surface area contributed by atoms with Crippen molar-refractivity contribution in [2.24, 2.45) is 0 Å². The van der Waals surface area contributed by atoms with Crippen LogP contribution in [-0.2, 0) is 10.0 Å². The van der Waals surface area contributed by atoms with Gasteiger partial charge in [0.05, 0.1) is 10.5 Å². The lowest BCUT2D eigenvalue weighted by atomic mass is 10.1. The maximum absolute atomic E-state index is 12.4. The first-order chi connectivity index (χ1) is 12.0. The van der Waals surface area contributed by atoms with Gasteiger partial charge in [0.2, 0.25) is 10.0 Å². The fraction of sp³-hybridized carbons (Fsp3) is 0.294. The van der Waals surface area contributed by atoms with Crippen molar-refractivity contribution in [3.8, 4) is 0 Å². The Morgan fingerprint density at radius 3 is 2.44 bits per heavy atom. The third kappa shape index (κ3) is 4.36. The quantitative estimate of drug-likeness (QED) is 0.884. The van der Waals surface area contributed by atoms with Crippen molar-refractivity contribution in [2.45, 2.75) is 23.8 Å². The molecule has 132 valence electrons. The first-order valence-corrected chi connectivity index (χ1v) is 9.79. The van der Waals surface area contributed by atoms with Gasteiger partial charge in [0.15, 0.2) is 0 Å². The predicted molar refractivity (Wildman–Crippen MR) is 94.9 cm³/mol. The average molecular weight is 380 g/mol. The normalized spacial score (nSPS) is 16.0. The van der Waals surface area contributed by atoms with E-state index in [0.29, 0.717) is 36.5 Å². The molecule has 2 aromatic rings. The van der Waals surface area contributed by atoms with Gasteiger partial charge < -0.3 is 4.90 Å². The van der Waals surface area contributed by atoms with Crippen molar-refractivity contribution < 1.29 is 13.2 Å². The highest BCUT2D eigenvalue weighted by Gasteiger charge is 2.27. The maximum Gasteiger partial charge on any atom is 0.255 e. The highest BCUT2D eigenvalue weighted by atomic mass is 35.5. The summed E-state index contributed by atoms with van der Waals surface area (Å²) in [6.45, 7) is 1.00. The minimum Gasteiger partial charge on any atom is -0.338 e. The summed E-state index contributed by atoms with van der Waals surface area (Å²) in [5, 5.41) is 0.487. The molecule has 0 bridgehead atoms. The molecule has 2 heterocycles. The van der Waals surface area contributed by atoms with Crippen LogP contribution < -0.4 is 4.72 Å². The molecule has 0 saturated carbocycles. The third-order valence-electron chi connectivity index (χ3n) is 4.14. The van der Waals surface area contributed by atoms with E-state index < -0.39 is 10.0 Å². The molecule has 3 rings (SSSR count). The minimum atomic E-state index is -3.59. The molecule has 1 aromatic heterocycles. The number of benzene rings is 1. The van der Waals surface area contributed by atoms with Crippen LogP contribution in [0.4, 0.5) is 0 Å². The van der Waals surface area contributed by atoms with Crippen molar-refractivity contribution >= 4 is 27.5 Å². The molecular formula is C17H18ClN3O3S. The number of nitrogens with zero attached hydrogens (tertiary/aromatic N) is 2. The molecule has 0 atom stereocenters. The third-order valence-corrected chi connectivity index (χ3v) is 5.92. The second-order valence-electron chi connectivity index (χ2n) is 5.88. The Bertz CT molecular complexity index is 833. The number of pyridine rings is 1. The van der Waals surface area contributed by atoms with Gasteiger partial charge in [-0.2, -0.15) is 0 Å². The lowest BCUT2D eigenvalue weighted by Crippen LogP contribution is -2.46. The second kappa shape index (κ2) is 7.51. The fourth-order valence-corrected chi connectivity index (χ4v) is 4.20. The Hall–Kier alpha value is -1.96. The molecule has 6 nitrogen and oxygen atoms in total. The van der Waals surface area contributed by atoms with Crippen LogP contribution in [0.3, 0.4) is 0 Å². The Labute approximate surface area is 151 Å². The van der Waals surface area contributed by atoms with Crippen molar-refractivity contribution in [2.75, 3.05) is 13.1 Å². The van der Waals surface area contributed by atoms with Gasteiger partial charge in [-0.15, -0.1) is 0 Å². The Balaban J connectivity index is 1.59. The van der Waals surface area contributed by atoms with Gasteiger partial charge >= 0.3 is 0 Å². The summed E-state index contributed by atoms with van der Waals surface area (Å²) < 4.78 is 27.5. The summed E-state index contributed by atoms with van der Waals surface area (Å²) in [6.07, 6.45) is 4.30. The molecule has 1 aliphatic heterocycles. The number of rotatable bonds is 4. The molecule has 1 fully saturated rings. The summed E-state index contributed by atoms with van der Waals surface area (Å²) >= 11 is 5.79. The van der Waals surface area contributed by atoms with Gasteiger partial charge in [0, 0.05) is 36.5 Å². The molecule has 0 unspecified atom stereocenters. The zero-order valence-corrected chi connectivity index (χ0v) is 15.0. The minimum absolute atomic E-state index is 0.0768. The summed E-state index contributed by atoms with van der Waals surface area (Å²) in [6, 6.07) is 9.30.